The Balaban J connectivity index is 1.58. The summed E-state index contributed by atoms with van der Waals surface area (Å²) in [6.45, 7) is 0.949. The summed E-state index contributed by atoms with van der Waals surface area (Å²) in [5.74, 6) is 1.05. The topological polar surface area (TPSA) is 90.2 Å². The van der Waals surface area contributed by atoms with Gasteiger partial charge in [0.2, 0.25) is 15.9 Å². The highest BCUT2D eigenvalue weighted by Crippen LogP contribution is 2.18. The van der Waals surface area contributed by atoms with Crippen molar-refractivity contribution in [2.45, 2.75) is 18.9 Å². The average Bonchev–Trinajstić information content (AvgIpc) is 3.02. The second-order valence-corrected chi connectivity index (χ2v) is 7.14. The molecule has 0 N–H and O–H groups in total. The lowest BCUT2D eigenvalue weighted by Crippen LogP contribution is -2.41. The molecule has 0 spiro atoms. The molecule has 8 nitrogen and oxygen atoms in total. The average molecular weight is 323 g/mol. The molecular weight excluding hydrogens is 306 g/mol. The van der Waals surface area contributed by atoms with Gasteiger partial charge in [-0.2, -0.15) is 5.10 Å². The van der Waals surface area contributed by atoms with E-state index in [0.717, 1.165) is 0 Å². The van der Waals surface area contributed by atoms with Crippen LogP contribution in [0.2, 0.25) is 0 Å². The summed E-state index contributed by atoms with van der Waals surface area (Å²) < 4.78 is 31.8. The molecule has 2 aromatic heterocycles. The minimum absolute atomic E-state index is 0.0390. The van der Waals surface area contributed by atoms with E-state index in [9.17, 15) is 8.42 Å². The van der Waals surface area contributed by atoms with Gasteiger partial charge < -0.3 is 4.74 Å². The van der Waals surface area contributed by atoms with Crippen molar-refractivity contribution < 1.29 is 13.2 Å². The molecule has 0 aliphatic carbocycles. The van der Waals surface area contributed by atoms with E-state index < -0.39 is 10.0 Å². The summed E-state index contributed by atoms with van der Waals surface area (Å²) in [4.78, 5) is 0. The van der Waals surface area contributed by atoms with Gasteiger partial charge in [-0.05, 0) is 25.0 Å². The predicted molar refractivity (Wildman–Crippen MR) is 79.2 cm³/mol. The Morgan fingerprint density at radius 3 is 2.55 bits per heavy atom. The number of ether oxygens (including phenoxy) is 1. The molecule has 0 bridgehead atoms. The van der Waals surface area contributed by atoms with Gasteiger partial charge in [0.05, 0.1) is 6.26 Å². The number of rotatable bonds is 4. The summed E-state index contributed by atoms with van der Waals surface area (Å²) >= 11 is 0. The van der Waals surface area contributed by atoms with Crippen LogP contribution in [0.3, 0.4) is 0 Å². The molecule has 0 saturated carbocycles. The normalized spacial score (nSPS) is 17.5. The van der Waals surface area contributed by atoms with Gasteiger partial charge in [0.25, 0.3) is 0 Å². The fourth-order valence-corrected chi connectivity index (χ4v) is 3.23. The molecule has 1 fully saturated rings. The molecular formula is C13H17N5O3S. The minimum Gasteiger partial charge on any atom is -0.473 e. The Hall–Kier alpha value is -2.00. The quantitative estimate of drug-likeness (QED) is 0.812. The molecule has 9 heteroatoms. The van der Waals surface area contributed by atoms with Crippen LogP contribution in [0.4, 0.5) is 0 Å². The molecule has 0 aromatic carbocycles. The van der Waals surface area contributed by atoms with Crippen LogP contribution in [-0.4, -0.2) is 58.2 Å². The lowest BCUT2D eigenvalue weighted by atomic mass is 10.1. The first-order valence-corrected chi connectivity index (χ1v) is 8.83. The molecule has 22 heavy (non-hydrogen) atoms. The number of piperidine rings is 1. The van der Waals surface area contributed by atoms with Gasteiger partial charge in [0.1, 0.15) is 6.10 Å². The highest BCUT2D eigenvalue weighted by Gasteiger charge is 2.26. The summed E-state index contributed by atoms with van der Waals surface area (Å²) in [6, 6.07) is 5.33. The largest absolute Gasteiger partial charge is 0.473 e. The first kappa shape index (κ1) is 14.9. The minimum atomic E-state index is -3.11. The van der Waals surface area contributed by atoms with Crippen LogP contribution >= 0.6 is 0 Å². The molecule has 3 rings (SSSR count). The van der Waals surface area contributed by atoms with E-state index in [1.165, 1.54) is 10.6 Å². The van der Waals surface area contributed by atoms with Gasteiger partial charge in [-0.1, -0.05) is 0 Å². The van der Waals surface area contributed by atoms with Crippen LogP contribution in [0, 0.1) is 0 Å². The molecule has 2 aromatic rings. The number of hydrogen-bond donors (Lipinski definition) is 0. The van der Waals surface area contributed by atoms with Gasteiger partial charge in [-0.3, -0.25) is 0 Å². The number of nitrogens with zero attached hydrogens (tertiary/aromatic N) is 5. The maximum Gasteiger partial charge on any atom is 0.233 e. The van der Waals surface area contributed by atoms with Crippen LogP contribution in [0.25, 0.3) is 5.82 Å². The summed E-state index contributed by atoms with van der Waals surface area (Å²) in [5, 5.41) is 12.2. The zero-order valence-corrected chi connectivity index (χ0v) is 13.0. The first-order valence-electron chi connectivity index (χ1n) is 6.98. The Labute approximate surface area is 128 Å². The number of hydrogen-bond acceptors (Lipinski definition) is 6. The SMILES string of the molecule is CS(=O)(=O)N1CCC(Oc2ccc(-n3cccn3)nn2)CC1. The second-order valence-electron chi connectivity index (χ2n) is 5.16. The zero-order chi connectivity index (χ0) is 15.6. The third-order valence-electron chi connectivity index (χ3n) is 3.52. The maximum atomic E-state index is 11.5. The van der Waals surface area contributed by atoms with Crippen LogP contribution < -0.4 is 4.74 Å². The third-order valence-corrected chi connectivity index (χ3v) is 4.83. The van der Waals surface area contributed by atoms with Crippen molar-refractivity contribution in [1.82, 2.24) is 24.3 Å². The van der Waals surface area contributed by atoms with Crippen molar-refractivity contribution >= 4 is 10.0 Å². The van der Waals surface area contributed by atoms with E-state index in [-0.39, 0.29) is 6.10 Å². The van der Waals surface area contributed by atoms with Crippen molar-refractivity contribution in [3.05, 3.63) is 30.6 Å². The molecule has 0 unspecified atom stereocenters. The van der Waals surface area contributed by atoms with Gasteiger partial charge in [-0.15, -0.1) is 10.2 Å². The summed E-state index contributed by atoms with van der Waals surface area (Å²) in [7, 11) is -3.11. The summed E-state index contributed by atoms with van der Waals surface area (Å²) in [6.07, 6.45) is 5.94. The Kier molecular flexibility index (Phi) is 4.08. The van der Waals surface area contributed by atoms with Crippen LogP contribution in [0.15, 0.2) is 30.6 Å². The molecule has 118 valence electrons. The van der Waals surface area contributed by atoms with Crippen LogP contribution in [0.1, 0.15) is 12.8 Å². The molecule has 0 radical (unpaired) electrons. The third kappa shape index (κ3) is 3.42. The summed E-state index contributed by atoms with van der Waals surface area (Å²) in [5.41, 5.74) is 0. The van der Waals surface area contributed by atoms with Crippen molar-refractivity contribution in [3.8, 4) is 11.7 Å². The van der Waals surface area contributed by atoms with Crippen molar-refractivity contribution in [2.24, 2.45) is 0 Å². The highest BCUT2D eigenvalue weighted by molar-refractivity contribution is 7.88. The molecule has 0 amide bonds. The lowest BCUT2D eigenvalue weighted by molar-refractivity contribution is 0.129. The van der Waals surface area contributed by atoms with E-state index in [4.69, 9.17) is 4.74 Å². The molecule has 1 saturated heterocycles. The van der Waals surface area contributed by atoms with Gasteiger partial charge in [-0.25, -0.2) is 17.4 Å². The van der Waals surface area contributed by atoms with Gasteiger partial charge in [0, 0.05) is 31.5 Å². The fourth-order valence-electron chi connectivity index (χ4n) is 2.35. The van der Waals surface area contributed by atoms with Crippen LogP contribution in [-0.2, 0) is 10.0 Å². The lowest BCUT2D eigenvalue weighted by Gasteiger charge is -2.29. The monoisotopic (exact) mass is 323 g/mol. The first-order chi connectivity index (χ1) is 10.5. The Morgan fingerprint density at radius 1 is 1.23 bits per heavy atom. The van der Waals surface area contributed by atoms with Crippen molar-refractivity contribution in [2.75, 3.05) is 19.3 Å². The van der Waals surface area contributed by atoms with Gasteiger partial charge in [0.15, 0.2) is 5.82 Å². The number of aromatic nitrogens is 4. The van der Waals surface area contributed by atoms with Crippen molar-refractivity contribution in [1.29, 1.82) is 0 Å². The Morgan fingerprint density at radius 2 is 2.00 bits per heavy atom. The standard InChI is InChI=1S/C13H17N5O3S/c1-22(19,20)17-9-5-11(6-10-17)21-13-4-3-12(15-16-13)18-8-2-7-14-18/h2-4,7-8,11H,5-6,9-10H2,1H3. The van der Waals surface area contributed by atoms with Gasteiger partial charge >= 0.3 is 0 Å². The molecule has 1 aliphatic rings. The predicted octanol–water partition coefficient (Wildman–Crippen LogP) is 0.465. The Bertz CT molecular complexity index is 707. The highest BCUT2D eigenvalue weighted by atomic mass is 32.2. The smallest absolute Gasteiger partial charge is 0.233 e. The van der Waals surface area contributed by atoms with Crippen molar-refractivity contribution in [3.63, 3.8) is 0 Å². The fraction of sp³-hybridized carbons (Fsp3) is 0.462. The number of sulfonamides is 1. The zero-order valence-electron chi connectivity index (χ0n) is 12.2. The van der Waals surface area contributed by atoms with E-state index in [0.29, 0.717) is 37.6 Å². The van der Waals surface area contributed by atoms with E-state index in [1.54, 1.807) is 29.2 Å². The van der Waals surface area contributed by atoms with E-state index >= 15 is 0 Å². The maximum absolute atomic E-state index is 11.5. The second kappa shape index (κ2) is 6.01. The van der Waals surface area contributed by atoms with E-state index in [2.05, 4.69) is 15.3 Å². The molecule has 0 atom stereocenters. The van der Waals surface area contributed by atoms with Crippen LogP contribution in [0.5, 0.6) is 5.88 Å². The molecule has 1 aliphatic heterocycles. The van der Waals surface area contributed by atoms with E-state index in [1.807, 2.05) is 6.07 Å². The molecule has 3 heterocycles.